The van der Waals surface area contributed by atoms with Gasteiger partial charge in [0.1, 0.15) is 5.82 Å². The third kappa shape index (κ3) is 3.84. The molecule has 0 amide bonds. The summed E-state index contributed by atoms with van der Waals surface area (Å²) in [6.07, 6.45) is 1.89. The highest BCUT2D eigenvalue weighted by Crippen LogP contribution is 2.37. The molecular formula is C37H26N4. The monoisotopic (exact) mass is 526 g/mol. The first-order valence-corrected chi connectivity index (χ1v) is 13.8. The molecule has 0 spiro atoms. The molecule has 0 saturated carbocycles. The maximum atomic E-state index is 5.26. The fourth-order valence-electron chi connectivity index (χ4n) is 5.99. The SMILES string of the molecule is Cn1c(-c2cccc3c2[nH]c2ccccc23)nc2c(-c3cccc(-c4cc(-c5ccccc5)ccn4)c3)cccc21. The number of nitrogens with one attached hydrogen (secondary N) is 1. The van der Waals surface area contributed by atoms with E-state index in [1.165, 1.54) is 16.3 Å². The van der Waals surface area contributed by atoms with E-state index in [2.05, 4.69) is 138 Å². The van der Waals surface area contributed by atoms with Crippen LogP contribution >= 0.6 is 0 Å². The number of rotatable bonds is 4. The van der Waals surface area contributed by atoms with Crippen LogP contribution in [-0.4, -0.2) is 19.5 Å². The molecule has 3 aromatic heterocycles. The van der Waals surface area contributed by atoms with Crippen LogP contribution in [0.3, 0.4) is 0 Å². The molecule has 0 fully saturated rings. The van der Waals surface area contributed by atoms with Gasteiger partial charge in [-0.2, -0.15) is 0 Å². The fraction of sp³-hybridized carbons (Fsp3) is 0.0270. The molecule has 0 unspecified atom stereocenters. The van der Waals surface area contributed by atoms with Crippen LogP contribution in [0.2, 0.25) is 0 Å². The highest BCUT2D eigenvalue weighted by molar-refractivity contribution is 6.11. The summed E-state index contributed by atoms with van der Waals surface area (Å²) in [6, 6.07) is 44.6. The molecule has 0 bridgehead atoms. The van der Waals surface area contributed by atoms with Crippen molar-refractivity contribution in [3.63, 3.8) is 0 Å². The van der Waals surface area contributed by atoms with Crippen molar-refractivity contribution in [2.24, 2.45) is 7.05 Å². The van der Waals surface area contributed by atoms with Crippen LogP contribution in [-0.2, 0) is 7.05 Å². The van der Waals surface area contributed by atoms with Gasteiger partial charge in [0.15, 0.2) is 0 Å². The molecule has 0 radical (unpaired) electrons. The van der Waals surface area contributed by atoms with E-state index in [0.717, 1.165) is 61.4 Å². The van der Waals surface area contributed by atoms with Gasteiger partial charge < -0.3 is 9.55 Å². The Kier molecular flexibility index (Phi) is 5.32. The summed E-state index contributed by atoms with van der Waals surface area (Å²) in [5.41, 5.74) is 12.0. The van der Waals surface area contributed by atoms with Crippen molar-refractivity contribution < 1.29 is 0 Å². The number of nitrogens with zero attached hydrogens (tertiary/aromatic N) is 3. The van der Waals surface area contributed by atoms with Gasteiger partial charge in [-0.15, -0.1) is 0 Å². The van der Waals surface area contributed by atoms with Crippen LogP contribution in [0.25, 0.3) is 77.7 Å². The Balaban J connectivity index is 1.26. The van der Waals surface area contributed by atoms with Gasteiger partial charge in [-0.1, -0.05) is 91.0 Å². The highest BCUT2D eigenvalue weighted by Gasteiger charge is 2.17. The molecule has 0 aliphatic heterocycles. The van der Waals surface area contributed by atoms with E-state index in [4.69, 9.17) is 9.97 Å². The van der Waals surface area contributed by atoms with Gasteiger partial charge in [0.25, 0.3) is 0 Å². The van der Waals surface area contributed by atoms with Crippen LogP contribution in [0.1, 0.15) is 0 Å². The number of aromatic amines is 1. The number of hydrogen-bond acceptors (Lipinski definition) is 2. The van der Waals surface area contributed by atoms with E-state index in [1.54, 1.807) is 0 Å². The van der Waals surface area contributed by atoms with E-state index in [1.807, 2.05) is 12.3 Å². The lowest BCUT2D eigenvalue weighted by Gasteiger charge is -2.08. The van der Waals surface area contributed by atoms with Gasteiger partial charge in [-0.05, 0) is 53.1 Å². The van der Waals surface area contributed by atoms with Gasteiger partial charge in [0.2, 0.25) is 0 Å². The molecule has 1 N–H and O–H groups in total. The third-order valence-electron chi connectivity index (χ3n) is 8.03. The van der Waals surface area contributed by atoms with Crippen LogP contribution < -0.4 is 0 Å². The van der Waals surface area contributed by atoms with Gasteiger partial charge >= 0.3 is 0 Å². The number of imidazole rings is 1. The average Bonchev–Trinajstić information content (AvgIpc) is 3.59. The second kappa shape index (κ2) is 9.32. The number of aryl methyl sites for hydroxylation is 1. The van der Waals surface area contributed by atoms with Crippen molar-refractivity contribution >= 4 is 32.8 Å². The van der Waals surface area contributed by atoms with Crippen molar-refractivity contribution in [2.45, 2.75) is 0 Å². The number of fused-ring (bicyclic) bond motifs is 4. The molecule has 0 saturated heterocycles. The lowest BCUT2D eigenvalue weighted by molar-refractivity contribution is 0.960. The molecule has 4 heteroatoms. The smallest absolute Gasteiger partial charge is 0.143 e. The molecule has 5 aromatic carbocycles. The van der Waals surface area contributed by atoms with Crippen molar-refractivity contribution in [3.8, 4) is 44.9 Å². The minimum atomic E-state index is 0.943. The predicted molar refractivity (Wildman–Crippen MR) is 170 cm³/mol. The van der Waals surface area contributed by atoms with Crippen LogP contribution in [0.5, 0.6) is 0 Å². The van der Waals surface area contributed by atoms with Crippen LogP contribution in [0, 0.1) is 0 Å². The second-order valence-corrected chi connectivity index (χ2v) is 10.4. The number of benzene rings is 5. The summed E-state index contributed by atoms with van der Waals surface area (Å²) in [5.74, 6) is 0.943. The van der Waals surface area contributed by atoms with E-state index in [9.17, 15) is 0 Å². The average molecular weight is 527 g/mol. The Morgan fingerprint density at radius 3 is 2.24 bits per heavy atom. The zero-order chi connectivity index (χ0) is 27.3. The number of hydrogen-bond donors (Lipinski definition) is 1. The van der Waals surface area contributed by atoms with Crippen LogP contribution in [0.4, 0.5) is 0 Å². The lowest BCUT2D eigenvalue weighted by atomic mass is 9.99. The molecule has 8 rings (SSSR count). The van der Waals surface area contributed by atoms with Crippen molar-refractivity contribution in [1.82, 2.24) is 19.5 Å². The molecule has 3 heterocycles. The Labute approximate surface area is 237 Å². The summed E-state index contributed by atoms with van der Waals surface area (Å²) in [7, 11) is 2.10. The van der Waals surface area contributed by atoms with Crippen LogP contribution in [0.15, 0.2) is 134 Å². The third-order valence-corrected chi connectivity index (χ3v) is 8.03. The Morgan fingerprint density at radius 1 is 0.585 bits per heavy atom. The number of aromatic nitrogens is 4. The minimum absolute atomic E-state index is 0.943. The lowest BCUT2D eigenvalue weighted by Crippen LogP contribution is -1.93. The van der Waals surface area contributed by atoms with Crippen molar-refractivity contribution in [2.75, 3.05) is 0 Å². The fourth-order valence-corrected chi connectivity index (χ4v) is 5.99. The molecular weight excluding hydrogens is 500 g/mol. The number of para-hydroxylation sites is 3. The molecule has 0 aliphatic carbocycles. The topological polar surface area (TPSA) is 46.5 Å². The minimum Gasteiger partial charge on any atom is -0.354 e. The van der Waals surface area contributed by atoms with E-state index < -0.39 is 0 Å². The van der Waals surface area contributed by atoms with Gasteiger partial charge in [0.05, 0.1) is 22.2 Å². The van der Waals surface area contributed by atoms with Gasteiger partial charge in [-0.3, -0.25) is 4.98 Å². The first kappa shape index (κ1) is 23.4. The van der Waals surface area contributed by atoms with E-state index >= 15 is 0 Å². The van der Waals surface area contributed by atoms with Gasteiger partial charge in [0, 0.05) is 46.2 Å². The number of H-pyrrole nitrogens is 1. The first-order chi connectivity index (χ1) is 20.2. The Hall–Kier alpha value is -5.48. The zero-order valence-corrected chi connectivity index (χ0v) is 22.5. The van der Waals surface area contributed by atoms with Crippen molar-refractivity contribution in [3.05, 3.63) is 134 Å². The summed E-state index contributed by atoms with van der Waals surface area (Å²) < 4.78 is 2.20. The standard InChI is InChI=1S/C37H26N4/c1-41-34-19-9-15-28(26-12-7-13-27(22-26)33-23-25(20-21-38-33)24-10-3-2-4-11-24)36(34)40-37(41)31-17-8-16-30-29-14-5-6-18-32(29)39-35(30)31/h2-23,39H,1H3. The molecule has 4 nitrogen and oxygen atoms in total. The largest absolute Gasteiger partial charge is 0.354 e. The molecule has 194 valence electrons. The summed E-state index contributed by atoms with van der Waals surface area (Å²) >= 11 is 0. The summed E-state index contributed by atoms with van der Waals surface area (Å²) in [6.45, 7) is 0. The Bertz CT molecular complexity index is 2220. The molecule has 8 aromatic rings. The molecule has 0 aliphatic rings. The van der Waals surface area contributed by atoms with Gasteiger partial charge in [-0.25, -0.2) is 4.98 Å². The van der Waals surface area contributed by atoms with E-state index in [0.29, 0.717) is 0 Å². The number of pyridine rings is 1. The summed E-state index contributed by atoms with van der Waals surface area (Å²) in [4.78, 5) is 13.6. The normalized spacial score (nSPS) is 11.5. The van der Waals surface area contributed by atoms with Crippen molar-refractivity contribution in [1.29, 1.82) is 0 Å². The quantitative estimate of drug-likeness (QED) is 0.248. The highest BCUT2D eigenvalue weighted by atomic mass is 15.1. The predicted octanol–water partition coefficient (Wildman–Crippen LogP) is 9.27. The second-order valence-electron chi connectivity index (χ2n) is 10.4. The maximum Gasteiger partial charge on any atom is 0.143 e. The molecule has 0 atom stereocenters. The first-order valence-electron chi connectivity index (χ1n) is 13.8. The Morgan fingerprint density at radius 2 is 1.32 bits per heavy atom. The zero-order valence-electron chi connectivity index (χ0n) is 22.5. The summed E-state index contributed by atoms with van der Waals surface area (Å²) in [5, 5.41) is 2.44. The maximum absolute atomic E-state index is 5.26. The molecule has 41 heavy (non-hydrogen) atoms. The van der Waals surface area contributed by atoms with E-state index in [-0.39, 0.29) is 0 Å².